The molecule has 0 spiro atoms. The molecule has 0 aromatic rings. The van der Waals surface area contributed by atoms with Crippen LogP contribution in [0.25, 0.3) is 0 Å². The van der Waals surface area contributed by atoms with Gasteiger partial charge in [0.2, 0.25) is 0 Å². The summed E-state index contributed by atoms with van der Waals surface area (Å²) in [5, 5.41) is 9.29. The van der Waals surface area contributed by atoms with Crippen molar-refractivity contribution in [2.45, 2.75) is 25.4 Å². The lowest BCUT2D eigenvalue weighted by molar-refractivity contribution is -0.252. The minimum atomic E-state index is -0.564. The summed E-state index contributed by atoms with van der Waals surface area (Å²) in [6.45, 7) is 2.54. The molecule has 1 heterocycles. The third-order valence-electron chi connectivity index (χ3n) is 1.63. The lowest BCUT2D eigenvalue weighted by atomic mass is 10.2. The van der Waals surface area contributed by atoms with Crippen LogP contribution in [-0.2, 0) is 14.2 Å². The van der Waals surface area contributed by atoms with E-state index in [4.69, 9.17) is 14.2 Å². The fourth-order valence-electron chi connectivity index (χ4n) is 1.03. The topological polar surface area (TPSA) is 47.9 Å². The predicted molar refractivity (Wildman–Crippen MR) is 38.2 cm³/mol. The standard InChI is InChI=1S/C7H14O4/c1-5-10-3-6(8)7(11-5)4-9-2/h5-8H,3-4H2,1-2H3. The van der Waals surface area contributed by atoms with Crippen molar-refractivity contribution in [3.8, 4) is 0 Å². The van der Waals surface area contributed by atoms with Crippen LogP contribution in [-0.4, -0.2) is 43.9 Å². The van der Waals surface area contributed by atoms with E-state index in [0.29, 0.717) is 13.2 Å². The molecular weight excluding hydrogens is 148 g/mol. The number of aliphatic hydroxyl groups excluding tert-OH is 1. The molecule has 0 amide bonds. The van der Waals surface area contributed by atoms with Gasteiger partial charge < -0.3 is 19.3 Å². The van der Waals surface area contributed by atoms with E-state index in [1.165, 1.54) is 0 Å². The number of ether oxygens (including phenoxy) is 3. The van der Waals surface area contributed by atoms with Crippen LogP contribution < -0.4 is 0 Å². The molecule has 1 fully saturated rings. The molecule has 1 rings (SSSR count). The zero-order valence-electron chi connectivity index (χ0n) is 6.82. The van der Waals surface area contributed by atoms with E-state index < -0.39 is 6.10 Å². The fraction of sp³-hybridized carbons (Fsp3) is 1.00. The Morgan fingerprint density at radius 2 is 2.36 bits per heavy atom. The largest absolute Gasteiger partial charge is 0.388 e. The van der Waals surface area contributed by atoms with Gasteiger partial charge in [-0.25, -0.2) is 0 Å². The molecule has 1 saturated heterocycles. The maximum atomic E-state index is 9.29. The number of hydrogen-bond donors (Lipinski definition) is 1. The van der Waals surface area contributed by atoms with Crippen molar-refractivity contribution >= 4 is 0 Å². The number of rotatable bonds is 2. The maximum absolute atomic E-state index is 9.29. The van der Waals surface area contributed by atoms with Crippen molar-refractivity contribution < 1.29 is 19.3 Å². The summed E-state index contributed by atoms with van der Waals surface area (Å²) in [6, 6.07) is 0. The van der Waals surface area contributed by atoms with Gasteiger partial charge in [-0.15, -0.1) is 0 Å². The molecule has 1 N–H and O–H groups in total. The van der Waals surface area contributed by atoms with Crippen molar-refractivity contribution in [2.24, 2.45) is 0 Å². The molecule has 1 aliphatic rings. The van der Waals surface area contributed by atoms with Gasteiger partial charge in [0.25, 0.3) is 0 Å². The van der Waals surface area contributed by atoms with Crippen molar-refractivity contribution in [3.05, 3.63) is 0 Å². The first-order chi connectivity index (χ1) is 5.24. The predicted octanol–water partition coefficient (Wildman–Crippen LogP) is -0.245. The molecule has 3 unspecified atom stereocenters. The van der Waals surface area contributed by atoms with Crippen molar-refractivity contribution in [1.29, 1.82) is 0 Å². The van der Waals surface area contributed by atoms with Gasteiger partial charge in [-0.3, -0.25) is 0 Å². The molecule has 0 bridgehead atoms. The molecule has 4 nitrogen and oxygen atoms in total. The van der Waals surface area contributed by atoms with Crippen LogP contribution in [0.3, 0.4) is 0 Å². The Kier molecular flexibility index (Phi) is 3.26. The summed E-state index contributed by atoms with van der Waals surface area (Å²) in [4.78, 5) is 0. The van der Waals surface area contributed by atoms with E-state index in [1.54, 1.807) is 14.0 Å². The van der Waals surface area contributed by atoms with Crippen molar-refractivity contribution in [2.75, 3.05) is 20.3 Å². The summed E-state index contributed by atoms with van der Waals surface area (Å²) in [7, 11) is 1.58. The minimum Gasteiger partial charge on any atom is -0.388 e. The second-order valence-corrected chi connectivity index (χ2v) is 2.60. The van der Waals surface area contributed by atoms with Gasteiger partial charge in [0, 0.05) is 7.11 Å². The smallest absolute Gasteiger partial charge is 0.155 e. The molecule has 1 aliphatic heterocycles. The lowest BCUT2D eigenvalue weighted by Crippen LogP contribution is -2.44. The van der Waals surface area contributed by atoms with E-state index >= 15 is 0 Å². The summed E-state index contributed by atoms with van der Waals surface area (Å²) in [5.74, 6) is 0. The van der Waals surface area contributed by atoms with Crippen LogP contribution in [0.5, 0.6) is 0 Å². The van der Waals surface area contributed by atoms with Crippen LogP contribution in [0.4, 0.5) is 0 Å². The average Bonchev–Trinajstić information content (AvgIpc) is 1.98. The highest BCUT2D eigenvalue weighted by atomic mass is 16.7. The Balaban J connectivity index is 2.34. The van der Waals surface area contributed by atoms with Crippen LogP contribution in [0.2, 0.25) is 0 Å². The second kappa shape index (κ2) is 4.01. The summed E-state index contributed by atoms with van der Waals surface area (Å²) < 4.78 is 15.1. The molecule has 3 atom stereocenters. The number of methoxy groups -OCH3 is 1. The quantitative estimate of drug-likeness (QED) is 0.608. The first kappa shape index (κ1) is 8.93. The van der Waals surface area contributed by atoms with Gasteiger partial charge in [-0.1, -0.05) is 0 Å². The van der Waals surface area contributed by atoms with Gasteiger partial charge in [0.05, 0.1) is 13.2 Å². The van der Waals surface area contributed by atoms with Crippen LogP contribution in [0, 0.1) is 0 Å². The monoisotopic (exact) mass is 162 g/mol. The lowest BCUT2D eigenvalue weighted by Gasteiger charge is -2.31. The summed E-state index contributed by atoms with van der Waals surface area (Å²) in [5.41, 5.74) is 0. The Bertz CT molecular complexity index is 117. The Morgan fingerprint density at radius 3 is 3.00 bits per heavy atom. The molecule has 0 aliphatic carbocycles. The fourth-order valence-corrected chi connectivity index (χ4v) is 1.03. The molecule has 4 heteroatoms. The third-order valence-corrected chi connectivity index (χ3v) is 1.63. The molecule has 0 radical (unpaired) electrons. The van der Waals surface area contributed by atoms with E-state index in [2.05, 4.69) is 0 Å². The highest BCUT2D eigenvalue weighted by Gasteiger charge is 2.27. The van der Waals surface area contributed by atoms with Gasteiger partial charge >= 0.3 is 0 Å². The van der Waals surface area contributed by atoms with Crippen LogP contribution in [0.1, 0.15) is 6.92 Å². The zero-order valence-corrected chi connectivity index (χ0v) is 6.82. The molecule has 11 heavy (non-hydrogen) atoms. The highest BCUT2D eigenvalue weighted by molar-refractivity contribution is 4.71. The molecule has 0 aromatic heterocycles. The zero-order chi connectivity index (χ0) is 8.27. The van der Waals surface area contributed by atoms with Gasteiger partial charge in [-0.2, -0.15) is 0 Å². The summed E-state index contributed by atoms with van der Waals surface area (Å²) >= 11 is 0. The first-order valence-corrected chi connectivity index (χ1v) is 3.68. The van der Waals surface area contributed by atoms with Crippen LogP contribution in [0.15, 0.2) is 0 Å². The molecule has 66 valence electrons. The first-order valence-electron chi connectivity index (χ1n) is 3.68. The van der Waals surface area contributed by atoms with Crippen LogP contribution >= 0.6 is 0 Å². The van der Waals surface area contributed by atoms with E-state index in [0.717, 1.165) is 0 Å². The van der Waals surface area contributed by atoms with Crippen molar-refractivity contribution in [3.63, 3.8) is 0 Å². The Hall–Kier alpha value is -0.160. The van der Waals surface area contributed by atoms with Gasteiger partial charge in [0.1, 0.15) is 12.2 Å². The van der Waals surface area contributed by atoms with Crippen molar-refractivity contribution in [1.82, 2.24) is 0 Å². The Labute approximate surface area is 66.1 Å². The maximum Gasteiger partial charge on any atom is 0.155 e. The normalized spacial score (nSPS) is 39.0. The molecular formula is C7H14O4. The molecule has 0 aromatic carbocycles. The number of hydrogen-bond acceptors (Lipinski definition) is 4. The van der Waals surface area contributed by atoms with Gasteiger partial charge in [-0.05, 0) is 6.92 Å². The van der Waals surface area contributed by atoms with E-state index in [-0.39, 0.29) is 12.4 Å². The second-order valence-electron chi connectivity index (χ2n) is 2.60. The minimum absolute atomic E-state index is 0.237. The average molecular weight is 162 g/mol. The SMILES string of the molecule is COCC1OC(C)OCC1O. The van der Waals surface area contributed by atoms with E-state index in [9.17, 15) is 5.11 Å². The molecule has 0 saturated carbocycles. The highest BCUT2D eigenvalue weighted by Crippen LogP contribution is 2.12. The Morgan fingerprint density at radius 1 is 1.64 bits per heavy atom. The van der Waals surface area contributed by atoms with E-state index in [1.807, 2.05) is 0 Å². The number of aliphatic hydroxyl groups is 1. The third kappa shape index (κ3) is 2.41. The summed E-state index contributed by atoms with van der Waals surface area (Å²) in [6.07, 6.45) is -1.05. The van der Waals surface area contributed by atoms with Gasteiger partial charge in [0.15, 0.2) is 6.29 Å².